The van der Waals surface area contributed by atoms with E-state index >= 15 is 0 Å². The van der Waals surface area contributed by atoms with Crippen LogP contribution in [0.25, 0.3) is 0 Å². The van der Waals surface area contributed by atoms with Gasteiger partial charge < -0.3 is 4.74 Å². The first-order valence-corrected chi connectivity index (χ1v) is 6.49. The summed E-state index contributed by atoms with van der Waals surface area (Å²) in [5.41, 5.74) is 1.21. The van der Waals surface area contributed by atoms with Gasteiger partial charge in [-0.15, -0.1) is 5.10 Å². The summed E-state index contributed by atoms with van der Waals surface area (Å²) in [6.07, 6.45) is 2.19. The number of nitrogens with zero attached hydrogens (tertiary/aromatic N) is 3. The van der Waals surface area contributed by atoms with Crippen LogP contribution in [0.15, 0.2) is 0 Å². The van der Waals surface area contributed by atoms with E-state index in [-0.39, 0.29) is 5.92 Å². The van der Waals surface area contributed by atoms with Crippen molar-refractivity contribution in [2.75, 3.05) is 7.11 Å². The maximum absolute atomic E-state index is 11.6. The van der Waals surface area contributed by atoms with Gasteiger partial charge in [0.2, 0.25) is 0 Å². The van der Waals surface area contributed by atoms with Gasteiger partial charge in [-0.2, -0.15) is 0 Å². The topological polar surface area (TPSA) is 57.0 Å². The van der Waals surface area contributed by atoms with Crippen molar-refractivity contribution in [3.05, 3.63) is 11.4 Å². The molecule has 0 N–H and O–H groups in total. The summed E-state index contributed by atoms with van der Waals surface area (Å²) in [4.78, 5) is 11.6. The lowest BCUT2D eigenvalue weighted by Crippen LogP contribution is -2.11. The number of aromatic nitrogens is 3. The first kappa shape index (κ1) is 14.7. The lowest BCUT2D eigenvalue weighted by molar-refractivity contribution is 0.0592. The molecule has 0 unspecified atom stereocenters. The Morgan fingerprint density at radius 2 is 2.00 bits per heavy atom. The molecule has 1 aromatic heterocycles. The SMILES string of the molecule is COC(=O)c1nnn(CCCC(C)C)c1C(C)C. The molecule has 5 nitrogen and oxygen atoms in total. The van der Waals surface area contributed by atoms with E-state index in [1.165, 1.54) is 7.11 Å². The third-order valence-electron chi connectivity index (χ3n) is 2.85. The van der Waals surface area contributed by atoms with Gasteiger partial charge in [-0.25, -0.2) is 9.48 Å². The van der Waals surface area contributed by atoms with Crippen LogP contribution in [0.2, 0.25) is 0 Å². The van der Waals surface area contributed by atoms with E-state index in [1.54, 1.807) is 0 Å². The van der Waals surface area contributed by atoms with E-state index in [2.05, 4.69) is 24.2 Å². The van der Waals surface area contributed by atoms with Crippen molar-refractivity contribution < 1.29 is 9.53 Å². The Morgan fingerprint density at radius 1 is 1.33 bits per heavy atom. The third-order valence-corrected chi connectivity index (χ3v) is 2.85. The number of esters is 1. The molecule has 0 amide bonds. The van der Waals surface area contributed by atoms with Crippen molar-refractivity contribution in [2.45, 2.75) is 53.0 Å². The Kier molecular flexibility index (Phi) is 5.31. The average molecular weight is 253 g/mol. The van der Waals surface area contributed by atoms with E-state index in [1.807, 2.05) is 18.5 Å². The third kappa shape index (κ3) is 3.55. The first-order chi connectivity index (χ1) is 8.47. The molecule has 0 saturated heterocycles. The molecule has 5 heteroatoms. The van der Waals surface area contributed by atoms with Gasteiger partial charge in [0.25, 0.3) is 0 Å². The fourth-order valence-electron chi connectivity index (χ4n) is 1.95. The van der Waals surface area contributed by atoms with Crippen molar-refractivity contribution in [1.29, 1.82) is 0 Å². The predicted octanol–water partition coefficient (Wildman–Crippen LogP) is 2.62. The predicted molar refractivity (Wildman–Crippen MR) is 69.5 cm³/mol. The lowest BCUT2D eigenvalue weighted by Gasteiger charge is -2.11. The zero-order valence-electron chi connectivity index (χ0n) is 11.9. The minimum Gasteiger partial charge on any atom is -0.464 e. The fraction of sp³-hybridized carbons (Fsp3) is 0.769. The van der Waals surface area contributed by atoms with Crippen molar-refractivity contribution in [3.63, 3.8) is 0 Å². The van der Waals surface area contributed by atoms with Gasteiger partial charge in [-0.3, -0.25) is 0 Å². The maximum Gasteiger partial charge on any atom is 0.360 e. The highest BCUT2D eigenvalue weighted by atomic mass is 16.5. The van der Waals surface area contributed by atoms with Crippen LogP contribution in [-0.2, 0) is 11.3 Å². The summed E-state index contributed by atoms with van der Waals surface area (Å²) < 4.78 is 6.56. The zero-order valence-corrected chi connectivity index (χ0v) is 11.9. The smallest absolute Gasteiger partial charge is 0.360 e. The second kappa shape index (κ2) is 6.52. The van der Waals surface area contributed by atoms with E-state index < -0.39 is 5.97 Å². The highest BCUT2D eigenvalue weighted by molar-refractivity contribution is 5.88. The van der Waals surface area contributed by atoms with Crippen molar-refractivity contribution in [2.24, 2.45) is 5.92 Å². The summed E-state index contributed by atoms with van der Waals surface area (Å²) in [6.45, 7) is 9.26. The Balaban J connectivity index is 2.85. The molecule has 1 rings (SSSR count). The van der Waals surface area contributed by atoms with Crippen LogP contribution in [0.5, 0.6) is 0 Å². The van der Waals surface area contributed by atoms with Gasteiger partial charge in [0.1, 0.15) is 0 Å². The van der Waals surface area contributed by atoms with Gasteiger partial charge in [-0.05, 0) is 24.7 Å². The van der Waals surface area contributed by atoms with Gasteiger partial charge in [-0.1, -0.05) is 32.9 Å². The Labute approximate surface area is 109 Å². The molecule has 0 bridgehead atoms. The molecule has 0 radical (unpaired) electrons. The number of carbonyl (C=O) groups excluding carboxylic acids is 1. The molecule has 18 heavy (non-hydrogen) atoms. The quantitative estimate of drug-likeness (QED) is 0.731. The molecule has 0 aliphatic carbocycles. The summed E-state index contributed by atoms with van der Waals surface area (Å²) in [5, 5.41) is 8.01. The number of aryl methyl sites for hydroxylation is 1. The lowest BCUT2D eigenvalue weighted by atomic mass is 10.1. The monoisotopic (exact) mass is 253 g/mol. The maximum atomic E-state index is 11.6. The number of hydrogen-bond acceptors (Lipinski definition) is 4. The molecule has 1 aromatic rings. The van der Waals surface area contributed by atoms with E-state index in [4.69, 9.17) is 4.74 Å². The largest absolute Gasteiger partial charge is 0.464 e. The Hall–Kier alpha value is -1.39. The number of methoxy groups -OCH3 is 1. The second-order valence-electron chi connectivity index (χ2n) is 5.23. The Morgan fingerprint density at radius 3 is 2.50 bits per heavy atom. The minimum absolute atomic E-state index is 0.202. The van der Waals surface area contributed by atoms with Gasteiger partial charge in [0.05, 0.1) is 12.8 Å². The van der Waals surface area contributed by atoms with Crippen molar-refractivity contribution in [3.8, 4) is 0 Å². The molecule has 0 aromatic carbocycles. The van der Waals surface area contributed by atoms with Crippen molar-refractivity contribution in [1.82, 2.24) is 15.0 Å². The Bertz CT molecular complexity index is 397. The van der Waals surface area contributed by atoms with Crippen LogP contribution in [0, 0.1) is 5.92 Å². The van der Waals surface area contributed by atoms with Crippen LogP contribution in [0.1, 0.15) is 62.6 Å². The standard InChI is InChI=1S/C13H23N3O2/c1-9(2)7-6-8-16-12(10(3)4)11(14-15-16)13(17)18-5/h9-10H,6-8H2,1-5H3. The summed E-state index contributed by atoms with van der Waals surface area (Å²) in [7, 11) is 1.37. The van der Waals surface area contributed by atoms with E-state index in [9.17, 15) is 4.79 Å². The molecule has 0 saturated carbocycles. The van der Waals surface area contributed by atoms with Gasteiger partial charge in [0, 0.05) is 6.54 Å². The first-order valence-electron chi connectivity index (χ1n) is 6.49. The molecule has 102 valence electrons. The molecular weight excluding hydrogens is 230 g/mol. The molecule has 0 spiro atoms. The van der Waals surface area contributed by atoms with Crippen LogP contribution in [-0.4, -0.2) is 28.1 Å². The van der Waals surface area contributed by atoms with E-state index in [0.717, 1.165) is 25.1 Å². The number of carbonyl (C=O) groups is 1. The molecule has 0 atom stereocenters. The fourth-order valence-corrected chi connectivity index (χ4v) is 1.95. The van der Waals surface area contributed by atoms with Crippen LogP contribution < -0.4 is 0 Å². The molecular formula is C13H23N3O2. The molecule has 0 aliphatic heterocycles. The zero-order chi connectivity index (χ0) is 13.7. The minimum atomic E-state index is -0.409. The molecule has 0 fully saturated rings. The average Bonchev–Trinajstić information content (AvgIpc) is 2.71. The summed E-state index contributed by atoms with van der Waals surface area (Å²) in [5.74, 6) is 0.470. The normalized spacial score (nSPS) is 11.3. The van der Waals surface area contributed by atoms with E-state index in [0.29, 0.717) is 11.6 Å². The van der Waals surface area contributed by atoms with Crippen LogP contribution in [0.3, 0.4) is 0 Å². The number of hydrogen-bond donors (Lipinski definition) is 0. The van der Waals surface area contributed by atoms with Crippen LogP contribution >= 0.6 is 0 Å². The molecule has 1 heterocycles. The summed E-state index contributed by atoms with van der Waals surface area (Å²) in [6, 6.07) is 0. The number of ether oxygens (including phenoxy) is 1. The highest BCUT2D eigenvalue weighted by Crippen LogP contribution is 2.19. The highest BCUT2D eigenvalue weighted by Gasteiger charge is 2.22. The van der Waals surface area contributed by atoms with Crippen LogP contribution in [0.4, 0.5) is 0 Å². The van der Waals surface area contributed by atoms with Gasteiger partial charge in [0.15, 0.2) is 5.69 Å². The van der Waals surface area contributed by atoms with Crippen molar-refractivity contribution >= 4 is 5.97 Å². The summed E-state index contributed by atoms with van der Waals surface area (Å²) >= 11 is 0. The van der Waals surface area contributed by atoms with Gasteiger partial charge >= 0.3 is 5.97 Å². The second-order valence-corrected chi connectivity index (χ2v) is 5.23. The number of rotatable bonds is 6. The molecule has 0 aliphatic rings.